The molecule has 2 aromatic rings. The quantitative estimate of drug-likeness (QED) is 0.768. The fourth-order valence-electron chi connectivity index (χ4n) is 3.66. The van der Waals surface area contributed by atoms with Crippen molar-refractivity contribution in [1.29, 1.82) is 0 Å². The lowest BCUT2D eigenvalue weighted by molar-refractivity contribution is -0.146. The van der Waals surface area contributed by atoms with Crippen molar-refractivity contribution in [1.82, 2.24) is 20.2 Å². The summed E-state index contributed by atoms with van der Waals surface area (Å²) in [7, 11) is 0. The van der Waals surface area contributed by atoms with Gasteiger partial charge in [-0.3, -0.25) is 0 Å². The summed E-state index contributed by atoms with van der Waals surface area (Å²) in [6.45, 7) is 1.86. The number of esters is 1. The monoisotopic (exact) mass is 417 g/mol. The maximum absolute atomic E-state index is 13.1. The van der Waals surface area contributed by atoms with Crippen LogP contribution in [0.15, 0.2) is 40.0 Å². The molecule has 2 aliphatic rings. The molecule has 0 radical (unpaired) electrons. The molecule has 1 aliphatic heterocycles. The van der Waals surface area contributed by atoms with Crippen molar-refractivity contribution in [2.45, 2.75) is 51.2 Å². The van der Waals surface area contributed by atoms with Gasteiger partial charge in [0.05, 0.1) is 5.57 Å². The van der Waals surface area contributed by atoms with Crippen molar-refractivity contribution in [2.24, 2.45) is 0 Å². The summed E-state index contributed by atoms with van der Waals surface area (Å²) in [5.41, 5.74) is 2.19. The van der Waals surface area contributed by atoms with E-state index in [1.54, 1.807) is 4.68 Å². The van der Waals surface area contributed by atoms with E-state index in [0.717, 1.165) is 41.4 Å². The number of ether oxygens (including phenoxy) is 1. The van der Waals surface area contributed by atoms with Crippen molar-refractivity contribution in [3.63, 3.8) is 0 Å². The summed E-state index contributed by atoms with van der Waals surface area (Å²) in [4.78, 5) is 13.1. The lowest BCUT2D eigenvalue weighted by Gasteiger charge is -2.29. The highest BCUT2D eigenvalue weighted by molar-refractivity contribution is 9.10. The number of fused-ring (bicyclic) bond motifs is 1. The Balaban J connectivity index is 1.71. The topological polar surface area (TPSA) is 81.9 Å². The van der Waals surface area contributed by atoms with Gasteiger partial charge in [0, 0.05) is 10.2 Å². The van der Waals surface area contributed by atoms with E-state index in [1.165, 1.54) is 6.42 Å². The predicted molar refractivity (Wildman–Crippen MR) is 99.4 cm³/mol. The summed E-state index contributed by atoms with van der Waals surface area (Å²) in [6, 6.07) is 7.40. The minimum Gasteiger partial charge on any atom is -0.459 e. The van der Waals surface area contributed by atoms with Crippen LogP contribution in [0, 0.1) is 0 Å². The number of carbonyl (C=O) groups excluding carboxylic acids is 1. The molecular weight excluding hydrogens is 398 g/mol. The van der Waals surface area contributed by atoms with Crippen LogP contribution < -0.4 is 5.32 Å². The number of rotatable bonds is 3. The fraction of sp³-hybridized carbons (Fsp3) is 0.444. The molecule has 1 unspecified atom stereocenters. The van der Waals surface area contributed by atoms with Gasteiger partial charge in [-0.05, 0) is 60.7 Å². The largest absolute Gasteiger partial charge is 0.459 e. The third-order valence-corrected chi connectivity index (χ3v) is 5.42. The number of allylic oxidation sites excluding steroid dienone is 1. The Bertz CT molecular complexity index is 857. The van der Waals surface area contributed by atoms with E-state index in [1.807, 2.05) is 31.2 Å². The molecule has 1 fully saturated rings. The van der Waals surface area contributed by atoms with E-state index >= 15 is 0 Å². The van der Waals surface area contributed by atoms with Crippen molar-refractivity contribution >= 4 is 27.8 Å². The smallest absolute Gasteiger partial charge is 0.338 e. The van der Waals surface area contributed by atoms with Crippen LogP contribution in [0.4, 0.5) is 5.95 Å². The van der Waals surface area contributed by atoms with Crippen LogP contribution >= 0.6 is 15.9 Å². The second kappa shape index (κ2) is 7.19. The number of nitrogens with one attached hydrogen (secondary N) is 1. The molecule has 26 heavy (non-hydrogen) atoms. The predicted octanol–water partition coefficient (Wildman–Crippen LogP) is 3.60. The Hall–Kier alpha value is -2.22. The first-order valence-electron chi connectivity index (χ1n) is 8.85. The Morgan fingerprint density at radius 3 is 2.88 bits per heavy atom. The molecule has 1 saturated carbocycles. The number of benzene rings is 1. The van der Waals surface area contributed by atoms with Crippen molar-refractivity contribution in [3.8, 4) is 0 Å². The number of carbonyl (C=O) groups is 1. The van der Waals surface area contributed by atoms with E-state index in [-0.39, 0.29) is 12.1 Å². The average Bonchev–Trinajstić information content (AvgIpc) is 3.09. The van der Waals surface area contributed by atoms with Gasteiger partial charge in [0.1, 0.15) is 12.1 Å². The van der Waals surface area contributed by atoms with E-state index in [9.17, 15) is 4.79 Å². The molecule has 7 nitrogen and oxygen atoms in total. The summed E-state index contributed by atoms with van der Waals surface area (Å²) >= 11 is 3.50. The zero-order valence-electron chi connectivity index (χ0n) is 14.5. The van der Waals surface area contributed by atoms with Gasteiger partial charge >= 0.3 is 5.97 Å². The second-order valence-corrected chi connectivity index (χ2v) is 7.65. The highest BCUT2D eigenvalue weighted by Crippen LogP contribution is 2.36. The maximum atomic E-state index is 13.1. The van der Waals surface area contributed by atoms with Gasteiger partial charge in [-0.25, -0.2) is 4.79 Å². The summed E-state index contributed by atoms with van der Waals surface area (Å²) < 4.78 is 8.41. The zero-order chi connectivity index (χ0) is 18.1. The Morgan fingerprint density at radius 2 is 2.12 bits per heavy atom. The van der Waals surface area contributed by atoms with E-state index in [4.69, 9.17) is 4.74 Å². The van der Waals surface area contributed by atoms with E-state index in [2.05, 4.69) is 36.8 Å². The fourth-order valence-corrected chi connectivity index (χ4v) is 4.08. The molecule has 1 N–H and O–H groups in total. The van der Waals surface area contributed by atoms with Crippen LogP contribution in [0.1, 0.15) is 50.6 Å². The molecule has 1 atom stereocenters. The maximum Gasteiger partial charge on any atom is 0.338 e. The summed E-state index contributed by atoms with van der Waals surface area (Å²) in [5.74, 6) is 0.217. The molecule has 1 aromatic carbocycles. The number of halogens is 1. The molecule has 1 aliphatic carbocycles. The summed E-state index contributed by atoms with van der Waals surface area (Å²) in [6.07, 6.45) is 5.30. The van der Waals surface area contributed by atoms with Gasteiger partial charge in [-0.15, -0.1) is 0 Å². The van der Waals surface area contributed by atoms with Gasteiger partial charge in [0.2, 0.25) is 5.95 Å². The van der Waals surface area contributed by atoms with Gasteiger partial charge in [0.15, 0.2) is 0 Å². The van der Waals surface area contributed by atoms with Crippen molar-refractivity contribution in [2.75, 3.05) is 5.32 Å². The SMILES string of the molecule is CC1=C(C(=O)OC2CCCCC2)C(c2cccc(Br)c2)n2nnnc2N1. The third kappa shape index (κ3) is 3.25. The molecule has 2 heterocycles. The first kappa shape index (κ1) is 17.2. The number of anilines is 1. The number of aromatic nitrogens is 4. The first-order chi connectivity index (χ1) is 12.6. The minimum atomic E-state index is -0.421. The molecule has 0 bridgehead atoms. The molecule has 0 saturated heterocycles. The van der Waals surface area contributed by atoms with Crippen LogP contribution in [0.2, 0.25) is 0 Å². The highest BCUT2D eigenvalue weighted by atomic mass is 79.9. The van der Waals surface area contributed by atoms with Gasteiger partial charge in [0.25, 0.3) is 0 Å². The van der Waals surface area contributed by atoms with E-state index < -0.39 is 6.04 Å². The highest BCUT2D eigenvalue weighted by Gasteiger charge is 2.36. The average molecular weight is 418 g/mol. The number of tetrazole rings is 1. The van der Waals surface area contributed by atoms with E-state index in [0.29, 0.717) is 11.5 Å². The van der Waals surface area contributed by atoms with Crippen LogP contribution in [-0.2, 0) is 9.53 Å². The summed E-state index contributed by atoms with van der Waals surface area (Å²) in [5, 5.41) is 15.0. The van der Waals surface area contributed by atoms with Crippen molar-refractivity contribution < 1.29 is 9.53 Å². The van der Waals surface area contributed by atoms with Crippen molar-refractivity contribution in [3.05, 3.63) is 45.6 Å². The standard InChI is InChI=1S/C18H20BrN5O2/c1-11-15(17(25)26-14-8-3-2-4-9-14)16(12-6-5-7-13(19)10-12)24-18(20-11)21-22-23-24/h5-7,10,14,16H,2-4,8-9H2,1H3,(H,20,21,23). The molecule has 0 spiro atoms. The zero-order valence-corrected chi connectivity index (χ0v) is 16.1. The minimum absolute atomic E-state index is 0.00465. The molecule has 0 amide bonds. The van der Waals surface area contributed by atoms with Gasteiger partial charge in [-0.1, -0.05) is 39.6 Å². The third-order valence-electron chi connectivity index (χ3n) is 4.92. The van der Waals surface area contributed by atoms with Crippen LogP contribution in [0.25, 0.3) is 0 Å². The lowest BCUT2D eigenvalue weighted by Crippen LogP contribution is -2.32. The van der Waals surface area contributed by atoms with Crippen LogP contribution in [-0.4, -0.2) is 32.3 Å². The molecule has 4 rings (SSSR count). The number of hydrogen-bond acceptors (Lipinski definition) is 6. The lowest BCUT2D eigenvalue weighted by atomic mass is 9.95. The Morgan fingerprint density at radius 1 is 1.31 bits per heavy atom. The molecule has 136 valence electrons. The Labute approximate surface area is 159 Å². The molecule has 1 aromatic heterocycles. The molecular formula is C18H20BrN5O2. The normalized spacial score (nSPS) is 20.5. The van der Waals surface area contributed by atoms with Gasteiger partial charge < -0.3 is 10.1 Å². The van der Waals surface area contributed by atoms with Crippen LogP contribution in [0.5, 0.6) is 0 Å². The number of hydrogen-bond donors (Lipinski definition) is 1. The first-order valence-corrected chi connectivity index (χ1v) is 9.65. The molecule has 8 heteroatoms. The Kier molecular flexibility index (Phi) is 4.76. The van der Waals surface area contributed by atoms with Crippen LogP contribution in [0.3, 0.4) is 0 Å². The van der Waals surface area contributed by atoms with Gasteiger partial charge in [-0.2, -0.15) is 4.68 Å². The second-order valence-electron chi connectivity index (χ2n) is 6.73. The number of nitrogens with zero attached hydrogens (tertiary/aromatic N) is 4.